The minimum atomic E-state index is -0.225. The van der Waals surface area contributed by atoms with Gasteiger partial charge in [-0.1, -0.05) is 163 Å². The SMILES string of the molecule is CC(C)(C)SCCP(c1ccccc1)c1ccccc1.CC(C)(C)SCCP(c1ccccc1)c1ccccc1.[Cl-].[Cl][Pt+]. The Morgan fingerprint density at radius 1 is 0.465 bits per heavy atom. The molecular formula is C36H46Cl2P2PtS2. The van der Waals surface area contributed by atoms with Crippen LogP contribution in [0.2, 0.25) is 0 Å². The van der Waals surface area contributed by atoms with E-state index >= 15 is 0 Å². The summed E-state index contributed by atoms with van der Waals surface area (Å²) in [5.74, 6) is 2.44. The molecule has 0 aliphatic heterocycles. The van der Waals surface area contributed by atoms with Crippen LogP contribution < -0.4 is 33.6 Å². The Balaban J connectivity index is 0.000000398. The molecule has 0 saturated heterocycles. The Kier molecular flexibility index (Phi) is 21.1. The van der Waals surface area contributed by atoms with Gasteiger partial charge in [-0.25, -0.2) is 0 Å². The summed E-state index contributed by atoms with van der Waals surface area (Å²) in [5.41, 5.74) is 0. The van der Waals surface area contributed by atoms with E-state index in [1.165, 1.54) is 45.0 Å². The summed E-state index contributed by atoms with van der Waals surface area (Å²) in [4.78, 5) is 0. The van der Waals surface area contributed by atoms with Gasteiger partial charge in [-0.05, 0) is 60.9 Å². The van der Waals surface area contributed by atoms with Gasteiger partial charge in [0, 0.05) is 9.49 Å². The molecule has 0 N–H and O–H groups in total. The van der Waals surface area contributed by atoms with Crippen molar-refractivity contribution in [1.29, 1.82) is 0 Å². The van der Waals surface area contributed by atoms with Gasteiger partial charge in [0.2, 0.25) is 0 Å². The summed E-state index contributed by atoms with van der Waals surface area (Å²) < 4.78 is 0.711. The van der Waals surface area contributed by atoms with Crippen LogP contribution in [0.15, 0.2) is 121 Å². The maximum absolute atomic E-state index is 4.61. The quantitative estimate of drug-likeness (QED) is 0.158. The molecule has 0 fully saturated rings. The van der Waals surface area contributed by atoms with E-state index < -0.39 is 0 Å². The number of hydrogen-bond donors (Lipinski definition) is 0. The summed E-state index contributed by atoms with van der Waals surface area (Å²) >= 11 is 5.75. The number of rotatable bonds is 10. The molecule has 0 radical (unpaired) electrons. The van der Waals surface area contributed by atoms with E-state index in [4.69, 9.17) is 0 Å². The van der Waals surface area contributed by atoms with Crippen molar-refractivity contribution in [3.63, 3.8) is 0 Å². The van der Waals surface area contributed by atoms with Crippen LogP contribution in [0.5, 0.6) is 0 Å². The van der Waals surface area contributed by atoms with Crippen molar-refractivity contribution >= 4 is 70.0 Å². The van der Waals surface area contributed by atoms with Gasteiger partial charge in [0.05, 0.1) is 0 Å². The molecule has 0 unspecified atom stereocenters. The van der Waals surface area contributed by atoms with E-state index in [0.717, 1.165) is 0 Å². The van der Waals surface area contributed by atoms with Gasteiger partial charge in [0.25, 0.3) is 0 Å². The normalized spacial score (nSPS) is 11.1. The predicted molar refractivity (Wildman–Crippen MR) is 198 cm³/mol. The summed E-state index contributed by atoms with van der Waals surface area (Å²) in [5, 5.41) is 5.96. The standard InChI is InChI=1S/2C18H23PS.2ClH.Pt/c2*1-18(2,3)20-15-14-19(16-10-6-4-7-11-16)17-12-8-5-9-13-17;;;/h2*4-13H,14-15H2,1-3H3;2*1H;/q;;;;+2/p-2. The third kappa shape index (κ3) is 17.3. The van der Waals surface area contributed by atoms with E-state index in [0.29, 0.717) is 9.49 Å². The molecular weight excluding hydrogens is 824 g/mol. The fourth-order valence-electron chi connectivity index (χ4n) is 4.13. The second-order valence-electron chi connectivity index (χ2n) is 11.6. The first-order valence-electron chi connectivity index (χ1n) is 14.3. The van der Waals surface area contributed by atoms with Crippen molar-refractivity contribution in [1.82, 2.24) is 0 Å². The fraction of sp³-hybridized carbons (Fsp3) is 0.333. The summed E-state index contributed by atoms with van der Waals surface area (Å²) in [6.45, 7) is 13.8. The predicted octanol–water partition coefficient (Wildman–Crippen LogP) is 6.99. The molecule has 0 atom stereocenters. The molecule has 0 bridgehead atoms. The molecule has 0 aliphatic rings. The van der Waals surface area contributed by atoms with Crippen LogP contribution in [0, 0.1) is 0 Å². The van der Waals surface area contributed by atoms with Crippen LogP contribution in [-0.4, -0.2) is 33.3 Å². The average Bonchev–Trinajstić information content (AvgIpc) is 3.00. The molecule has 4 rings (SSSR count). The molecule has 0 saturated carbocycles. The summed E-state index contributed by atoms with van der Waals surface area (Å²) in [6, 6.07) is 43.9. The molecule has 0 heterocycles. The molecule has 43 heavy (non-hydrogen) atoms. The van der Waals surface area contributed by atoms with Crippen LogP contribution in [0.25, 0.3) is 0 Å². The number of benzene rings is 4. The van der Waals surface area contributed by atoms with Crippen molar-refractivity contribution in [2.24, 2.45) is 0 Å². The number of hydrogen-bond acceptors (Lipinski definition) is 2. The molecule has 0 amide bonds. The monoisotopic (exact) mass is 869 g/mol. The molecule has 0 spiro atoms. The second kappa shape index (κ2) is 22.3. The summed E-state index contributed by atoms with van der Waals surface area (Å²) in [6.07, 6.45) is 2.51. The van der Waals surface area contributed by atoms with E-state index in [2.05, 4.69) is 196 Å². The Morgan fingerprint density at radius 3 is 0.860 bits per heavy atom. The third-order valence-electron chi connectivity index (χ3n) is 5.97. The number of thioether (sulfide) groups is 2. The Bertz CT molecular complexity index is 1040. The molecule has 0 nitrogen and oxygen atoms in total. The number of halogens is 2. The van der Waals surface area contributed by atoms with E-state index in [9.17, 15) is 0 Å². The third-order valence-corrected chi connectivity index (χ3v) is 14.2. The zero-order valence-electron chi connectivity index (χ0n) is 26.2. The van der Waals surface area contributed by atoms with Crippen molar-refractivity contribution in [3.05, 3.63) is 121 Å². The van der Waals surface area contributed by atoms with E-state index in [1.54, 1.807) is 18.8 Å². The van der Waals surface area contributed by atoms with Gasteiger partial charge < -0.3 is 12.4 Å². The molecule has 4 aromatic rings. The van der Waals surface area contributed by atoms with Gasteiger partial charge in [0.15, 0.2) is 0 Å². The molecule has 0 aliphatic carbocycles. The maximum atomic E-state index is 4.61. The first kappa shape index (κ1) is 40.7. The zero-order chi connectivity index (χ0) is 30.8. The van der Waals surface area contributed by atoms with Crippen LogP contribution >= 0.6 is 48.8 Å². The topological polar surface area (TPSA) is 0 Å². The molecule has 0 aromatic heterocycles. The van der Waals surface area contributed by atoms with Gasteiger partial charge in [0.1, 0.15) is 0 Å². The van der Waals surface area contributed by atoms with Crippen molar-refractivity contribution in [2.45, 2.75) is 51.0 Å². The Hall–Kier alpha value is -0.292. The van der Waals surface area contributed by atoms with Gasteiger partial charge in [-0.2, -0.15) is 23.5 Å². The Labute approximate surface area is 295 Å². The van der Waals surface area contributed by atoms with Crippen LogP contribution in [-0.2, 0) is 18.8 Å². The fourth-order valence-corrected chi connectivity index (χ4v) is 11.3. The van der Waals surface area contributed by atoms with Crippen molar-refractivity contribution in [2.75, 3.05) is 23.8 Å². The van der Waals surface area contributed by atoms with E-state index in [1.807, 2.05) is 0 Å². The van der Waals surface area contributed by atoms with Gasteiger partial charge >= 0.3 is 28.2 Å². The Morgan fingerprint density at radius 2 is 0.674 bits per heavy atom. The van der Waals surface area contributed by atoms with Crippen LogP contribution in [0.4, 0.5) is 0 Å². The van der Waals surface area contributed by atoms with Crippen LogP contribution in [0.3, 0.4) is 0 Å². The first-order chi connectivity index (χ1) is 20.1. The summed E-state index contributed by atoms with van der Waals surface area (Å²) in [7, 11) is 4.16. The van der Waals surface area contributed by atoms with Crippen molar-refractivity contribution in [3.8, 4) is 0 Å². The molecule has 7 heteroatoms. The van der Waals surface area contributed by atoms with E-state index in [-0.39, 0.29) is 28.3 Å². The van der Waals surface area contributed by atoms with Gasteiger partial charge in [-0.15, -0.1) is 0 Å². The molecule has 4 aromatic carbocycles. The average molecular weight is 871 g/mol. The van der Waals surface area contributed by atoms with Crippen LogP contribution in [0.1, 0.15) is 41.5 Å². The van der Waals surface area contributed by atoms with Gasteiger partial charge in [-0.3, -0.25) is 0 Å². The minimum absolute atomic E-state index is 0. The molecule has 236 valence electrons. The van der Waals surface area contributed by atoms with Crippen molar-refractivity contribution < 1.29 is 31.2 Å². The first-order valence-corrected chi connectivity index (χ1v) is 22.1. The second-order valence-corrected chi connectivity index (χ2v) is 20.1. The zero-order valence-corrected chi connectivity index (χ0v) is 33.4.